The van der Waals surface area contributed by atoms with Crippen molar-refractivity contribution >= 4 is 5.91 Å². The number of hydrogen-bond acceptors (Lipinski definition) is 5. The largest absolute Gasteiger partial charge is 0.348 e. The van der Waals surface area contributed by atoms with Crippen LogP contribution in [0.25, 0.3) is 0 Å². The third-order valence-electron chi connectivity index (χ3n) is 3.05. The van der Waals surface area contributed by atoms with Crippen LogP contribution in [0.3, 0.4) is 0 Å². The minimum atomic E-state index is -0.163. The molecule has 2 N–H and O–H groups in total. The fraction of sp³-hybridized carbons (Fsp3) is 0.750. The van der Waals surface area contributed by atoms with Crippen molar-refractivity contribution in [3.05, 3.63) is 11.9 Å². The van der Waals surface area contributed by atoms with Crippen molar-refractivity contribution in [1.29, 1.82) is 0 Å². The second-order valence-electron chi connectivity index (χ2n) is 5.09. The molecule has 0 bridgehead atoms. The number of piperazine rings is 1. The first kappa shape index (κ1) is 14.0. The highest BCUT2D eigenvalue weighted by Crippen LogP contribution is 1.97. The van der Waals surface area contributed by atoms with E-state index in [4.69, 9.17) is 0 Å². The molecule has 1 fully saturated rings. The van der Waals surface area contributed by atoms with Gasteiger partial charge in [0.2, 0.25) is 0 Å². The Labute approximate surface area is 113 Å². The molecule has 0 unspecified atom stereocenters. The molecule has 0 spiro atoms. The molecule has 1 aliphatic heterocycles. The summed E-state index contributed by atoms with van der Waals surface area (Å²) < 4.78 is 1.73. The van der Waals surface area contributed by atoms with Gasteiger partial charge in [0.25, 0.3) is 5.91 Å². The van der Waals surface area contributed by atoms with Gasteiger partial charge in [-0.25, -0.2) is 0 Å². The van der Waals surface area contributed by atoms with Crippen LogP contribution in [0.1, 0.15) is 24.3 Å². The van der Waals surface area contributed by atoms with Gasteiger partial charge in [0, 0.05) is 38.8 Å². The number of carbonyl (C=O) groups excluding carboxylic acids is 1. The first-order chi connectivity index (χ1) is 9.15. The van der Waals surface area contributed by atoms with Gasteiger partial charge in [-0.15, -0.1) is 5.10 Å². The van der Waals surface area contributed by atoms with Crippen LogP contribution in [-0.2, 0) is 6.54 Å². The summed E-state index contributed by atoms with van der Waals surface area (Å²) in [6.07, 6.45) is 1.71. The number of aromatic nitrogens is 3. The van der Waals surface area contributed by atoms with Crippen molar-refractivity contribution in [2.24, 2.45) is 0 Å². The molecule has 1 aromatic rings. The van der Waals surface area contributed by atoms with E-state index in [1.807, 2.05) is 13.8 Å². The second kappa shape index (κ2) is 6.63. The Balaban J connectivity index is 1.81. The van der Waals surface area contributed by atoms with Crippen LogP contribution >= 0.6 is 0 Å². The van der Waals surface area contributed by atoms with Gasteiger partial charge in [0.05, 0.1) is 12.7 Å². The number of rotatable bonds is 5. The van der Waals surface area contributed by atoms with E-state index in [2.05, 4.69) is 25.8 Å². The molecule has 0 aliphatic carbocycles. The summed E-state index contributed by atoms with van der Waals surface area (Å²) in [5, 5.41) is 14.0. The van der Waals surface area contributed by atoms with E-state index in [-0.39, 0.29) is 11.9 Å². The van der Waals surface area contributed by atoms with Crippen LogP contribution in [0.5, 0.6) is 0 Å². The maximum atomic E-state index is 11.7. The lowest BCUT2D eigenvalue weighted by molar-refractivity contribution is 0.0938. The van der Waals surface area contributed by atoms with Crippen molar-refractivity contribution in [2.45, 2.75) is 26.4 Å². The minimum Gasteiger partial charge on any atom is -0.348 e. The van der Waals surface area contributed by atoms with Gasteiger partial charge in [-0.3, -0.25) is 14.4 Å². The molecule has 2 rings (SSSR count). The van der Waals surface area contributed by atoms with Gasteiger partial charge in [-0.1, -0.05) is 5.21 Å². The van der Waals surface area contributed by atoms with E-state index in [9.17, 15) is 4.79 Å². The van der Waals surface area contributed by atoms with Gasteiger partial charge in [-0.2, -0.15) is 0 Å². The van der Waals surface area contributed by atoms with Crippen molar-refractivity contribution in [1.82, 2.24) is 30.5 Å². The van der Waals surface area contributed by atoms with Gasteiger partial charge < -0.3 is 10.6 Å². The fourth-order valence-corrected chi connectivity index (χ4v) is 2.03. The summed E-state index contributed by atoms with van der Waals surface area (Å²) >= 11 is 0. The second-order valence-corrected chi connectivity index (χ2v) is 5.09. The number of amides is 1. The van der Waals surface area contributed by atoms with E-state index < -0.39 is 0 Å². The molecule has 0 saturated carbocycles. The predicted molar refractivity (Wildman–Crippen MR) is 71.9 cm³/mol. The summed E-state index contributed by atoms with van der Waals surface area (Å²) in [5.41, 5.74) is 0.383. The Kier molecular flexibility index (Phi) is 4.86. The summed E-state index contributed by atoms with van der Waals surface area (Å²) in [5.74, 6) is -0.163. The van der Waals surface area contributed by atoms with E-state index in [1.54, 1.807) is 10.9 Å². The quantitative estimate of drug-likeness (QED) is 0.739. The monoisotopic (exact) mass is 266 g/mol. The third-order valence-corrected chi connectivity index (χ3v) is 3.05. The average molecular weight is 266 g/mol. The SMILES string of the molecule is CC(C)NC(=O)c1cn(CCN2CCNCC2)nn1. The number of nitrogens with one attached hydrogen (secondary N) is 2. The summed E-state index contributed by atoms with van der Waals surface area (Å²) in [6.45, 7) is 9.77. The zero-order valence-corrected chi connectivity index (χ0v) is 11.6. The van der Waals surface area contributed by atoms with Crippen LogP contribution in [-0.4, -0.2) is 64.6 Å². The van der Waals surface area contributed by atoms with E-state index >= 15 is 0 Å². The highest BCUT2D eigenvalue weighted by Gasteiger charge is 2.13. The molecule has 1 aromatic heterocycles. The zero-order chi connectivity index (χ0) is 13.7. The van der Waals surface area contributed by atoms with Gasteiger partial charge in [0.1, 0.15) is 0 Å². The van der Waals surface area contributed by atoms with Gasteiger partial charge in [-0.05, 0) is 13.8 Å². The molecule has 1 saturated heterocycles. The molecule has 0 radical (unpaired) electrons. The standard InChI is InChI=1S/C12H22N6O/c1-10(2)14-12(19)11-9-18(16-15-11)8-7-17-5-3-13-4-6-17/h9-10,13H,3-8H2,1-2H3,(H,14,19). The fourth-order valence-electron chi connectivity index (χ4n) is 2.03. The molecule has 0 aromatic carbocycles. The van der Waals surface area contributed by atoms with E-state index in [1.165, 1.54) is 0 Å². The lowest BCUT2D eigenvalue weighted by atomic mass is 10.3. The molecule has 2 heterocycles. The molecular weight excluding hydrogens is 244 g/mol. The molecule has 1 aliphatic rings. The molecule has 0 atom stereocenters. The topological polar surface area (TPSA) is 75.1 Å². The van der Waals surface area contributed by atoms with Crippen LogP contribution in [0, 0.1) is 0 Å². The Morgan fingerprint density at radius 1 is 1.42 bits per heavy atom. The molecule has 19 heavy (non-hydrogen) atoms. The Hall–Kier alpha value is -1.47. The molecule has 7 heteroatoms. The van der Waals surface area contributed by atoms with Gasteiger partial charge in [0.15, 0.2) is 5.69 Å². The maximum Gasteiger partial charge on any atom is 0.273 e. The Bertz CT molecular complexity index is 410. The first-order valence-electron chi connectivity index (χ1n) is 6.79. The van der Waals surface area contributed by atoms with Crippen LogP contribution in [0.15, 0.2) is 6.20 Å². The Morgan fingerprint density at radius 3 is 2.84 bits per heavy atom. The molecule has 7 nitrogen and oxygen atoms in total. The van der Waals surface area contributed by atoms with Gasteiger partial charge >= 0.3 is 0 Å². The number of hydrogen-bond donors (Lipinski definition) is 2. The van der Waals surface area contributed by atoms with Crippen molar-refractivity contribution < 1.29 is 4.79 Å². The Morgan fingerprint density at radius 2 is 2.16 bits per heavy atom. The van der Waals surface area contributed by atoms with E-state index in [0.717, 1.165) is 39.3 Å². The van der Waals surface area contributed by atoms with E-state index in [0.29, 0.717) is 5.69 Å². The minimum absolute atomic E-state index is 0.110. The van der Waals surface area contributed by atoms with Crippen molar-refractivity contribution in [3.63, 3.8) is 0 Å². The van der Waals surface area contributed by atoms with Crippen molar-refractivity contribution in [3.8, 4) is 0 Å². The third kappa shape index (κ3) is 4.29. The highest BCUT2D eigenvalue weighted by atomic mass is 16.2. The van der Waals surface area contributed by atoms with Crippen LogP contribution < -0.4 is 10.6 Å². The average Bonchev–Trinajstić information content (AvgIpc) is 2.86. The smallest absolute Gasteiger partial charge is 0.273 e. The maximum absolute atomic E-state index is 11.7. The lowest BCUT2D eigenvalue weighted by Crippen LogP contribution is -2.44. The first-order valence-corrected chi connectivity index (χ1v) is 6.79. The van der Waals surface area contributed by atoms with Crippen LogP contribution in [0.2, 0.25) is 0 Å². The lowest BCUT2D eigenvalue weighted by Gasteiger charge is -2.26. The highest BCUT2D eigenvalue weighted by molar-refractivity contribution is 5.91. The van der Waals surface area contributed by atoms with Crippen LogP contribution in [0.4, 0.5) is 0 Å². The molecular formula is C12H22N6O. The molecule has 1 amide bonds. The number of carbonyl (C=O) groups is 1. The number of nitrogens with zero attached hydrogens (tertiary/aromatic N) is 4. The summed E-state index contributed by atoms with van der Waals surface area (Å²) in [4.78, 5) is 14.1. The summed E-state index contributed by atoms with van der Waals surface area (Å²) in [6, 6.07) is 0.110. The zero-order valence-electron chi connectivity index (χ0n) is 11.6. The predicted octanol–water partition coefficient (Wildman–Crippen LogP) is -0.678. The molecule has 106 valence electrons. The van der Waals surface area contributed by atoms with Crippen molar-refractivity contribution in [2.75, 3.05) is 32.7 Å². The summed E-state index contributed by atoms with van der Waals surface area (Å²) in [7, 11) is 0. The normalized spacial score (nSPS) is 16.8.